The summed E-state index contributed by atoms with van der Waals surface area (Å²) in [6.45, 7) is 3.98. The van der Waals surface area contributed by atoms with Crippen LogP contribution in [0.3, 0.4) is 0 Å². The number of aromatic nitrogens is 3. The third-order valence-corrected chi connectivity index (χ3v) is 8.29. The number of amides is 2. The summed E-state index contributed by atoms with van der Waals surface area (Å²) < 4.78 is 12.1. The molecule has 0 unspecified atom stereocenters. The summed E-state index contributed by atoms with van der Waals surface area (Å²) >= 11 is 2.69. The zero-order chi connectivity index (χ0) is 26.5. The van der Waals surface area contributed by atoms with Gasteiger partial charge in [-0.2, -0.15) is 0 Å². The van der Waals surface area contributed by atoms with Crippen molar-refractivity contribution in [1.82, 2.24) is 20.1 Å². The van der Waals surface area contributed by atoms with E-state index in [1.165, 1.54) is 23.1 Å². The summed E-state index contributed by atoms with van der Waals surface area (Å²) in [5.41, 5.74) is 1.95. The van der Waals surface area contributed by atoms with Gasteiger partial charge in [-0.05, 0) is 56.9 Å². The van der Waals surface area contributed by atoms with Crippen LogP contribution in [0.5, 0.6) is 5.75 Å². The van der Waals surface area contributed by atoms with Crippen LogP contribution in [-0.4, -0.2) is 51.5 Å². The van der Waals surface area contributed by atoms with Crippen LogP contribution < -0.4 is 15.4 Å². The Kier molecular flexibility index (Phi) is 8.49. The number of thioether (sulfide) groups is 1. The summed E-state index contributed by atoms with van der Waals surface area (Å²) in [4.78, 5) is 39.2. The van der Waals surface area contributed by atoms with Gasteiger partial charge in [0.25, 0.3) is 5.91 Å². The molecule has 0 fully saturated rings. The van der Waals surface area contributed by atoms with Crippen LogP contribution in [0.15, 0.2) is 29.4 Å². The van der Waals surface area contributed by atoms with Crippen LogP contribution in [-0.2, 0) is 36.0 Å². The molecule has 1 aromatic carbocycles. The molecule has 1 aliphatic carbocycles. The van der Waals surface area contributed by atoms with E-state index in [1.807, 2.05) is 0 Å². The highest BCUT2D eigenvalue weighted by Crippen LogP contribution is 2.40. The van der Waals surface area contributed by atoms with Gasteiger partial charge in [-0.15, -0.1) is 21.5 Å². The van der Waals surface area contributed by atoms with Crippen molar-refractivity contribution in [3.8, 4) is 5.75 Å². The van der Waals surface area contributed by atoms with Crippen LogP contribution in [0.25, 0.3) is 0 Å². The molecule has 12 heteroatoms. The van der Waals surface area contributed by atoms with Crippen molar-refractivity contribution in [2.24, 2.45) is 7.05 Å². The van der Waals surface area contributed by atoms with Crippen molar-refractivity contribution in [2.45, 2.75) is 50.1 Å². The predicted octanol–water partition coefficient (Wildman–Crippen LogP) is 3.60. The number of thiophene rings is 1. The van der Waals surface area contributed by atoms with E-state index in [0.29, 0.717) is 32.9 Å². The molecule has 2 amide bonds. The molecule has 4 rings (SSSR count). The third-order valence-electron chi connectivity index (χ3n) is 5.95. The number of nitrogens with one attached hydrogen (secondary N) is 2. The van der Waals surface area contributed by atoms with Crippen molar-refractivity contribution in [3.63, 3.8) is 0 Å². The third kappa shape index (κ3) is 5.96. The Bertz CT molecular complexity index is 1320. The maximum atomic E-state index is 13.0. The first kappa shape index (κ1) is 26.7. The van der Waals surface area contributed by atoms with Crippen molar-refractivity contribution < 1.29 is 23.9 Å². The van der Waals surface area contributed by atoms with E-state index in [9.17, 15) is 14.4 Å². The van der Waals surface area contributed by atoms with E-state index < -0.39 is 11.2 Å². The van der Waals surface area contributed by atoms with Crippen molar-refractivity contribution in [1.29, 1.82) is 0 Å². The second-order valence-corrected chi connectivity index (χ2v) is 10.8. The lowest BCUT2D eigenvalue weighted by Crippen LogP contribution is -2.25. The van der Waals surface area contributed by atoms with Gasteiger partial charge >= 0.3 is 5.97 Å². The summed E-state index contributed by atoms with van der Waals surface area (Å²) in [6.07, 6.45) is 2.72. The van der Waals surface area contributed by atoms with Gasteiger partial charge < -0.3 is 24.7 Å². The molecule has 37 heavy (non-hydrogen) atoms. The maximum Gasteiger partial charge on any atom is 0.341 e. The smallest absolute Gasteiger partial charge is 0.341 e. The number of carbonyl (C=O) groups is 3. The molecule has 1 atom stereocenters. The molecule has 2 heterocycles. The lowest BCUT2D eigenvalue weighted by molar-refractivity contribution is -0.115. The highest BCUT2D eigenvalue weighted by molar-refractivity contribution is 8.00. The zero-order valence-corrected chi connectivity index (χ0v) is 22.8. The number of methoxy groups -OCH3 is 1. The monoisotopic (exact) mass is 543 g/mol. The topological polar surface area (TPSA) is 124 Å². The van der Waals surface area contributed by atoms with Crippen molar-refractivity contribution in [2.75, 3.05) is 19.0 Å². The second kappa shape index (κ2) is 11.8. The molecule has 3 aromatic rings. The molecule has 10 nitrogen and oxygen atoms in total. The molecular formula is C25H29N5O5S2. The predicted molar refractivity (Wildman–Crippen MR) is 141 cm³/mol. The summed E-state index contributed by atoms with van der Waals surface area (Å²) in [7, 11) is 3.32. The molecule has 2 N–H and O–H groups in total. The number of hydrogen-bond acceptors (Lipinski definition) is 9. The molecule has 0 radical (unpaired) electrons. The van der Waals surface area contributed by atoms with E-state index in [4.69, 9.17) is 9.47 Å². The van der Waals surface area contributed by atoms with Crippen LogP contribution in [0, 0.1) is 0 Å². The minimum Gasteiger partial charge on any atom is -0.497 e. The molecule has 0 saturated carbocycles. The molecule has 1 aliphatic rings. The highest BCUT2D eigenvalue weighted by atomic mass is 32.2. The van der Waals surface area contributed by atoms with Gasteiger partial charge in [0.2, 0.25) is 5.91 Å². The number of carbonyl (C=O) groups excluding carboxylic acids is 3. The number of esters is 1. The van der Waals surface area contributed by atoms with E-state index in [0.717, 1.165) is 29.7 Å². The zero-order valence-electron chi connectivity index (χ0n) is 21.1. The van der Waals surface area contributed by atoms with Crippen molar-refractivity contribution in [3.05, 3.63) is 51.7 Å². The molecular weight excluding hydrogens is 514 g/mol. The first-order chi connectivity index (χ1) is 17.8. The minimum atomic E-state index is -0.505. The number of aryl methyl sites for hydroxylation is 1. The number of ether oxygens (including phenoxy) is 2. The second-order valence-electron chi connectivity index (χ2n) is 8.40. The fourth-order valence-electron chi connectivity index (χ4n) is 3.96. The standard InChI is InChI=1S/C25H29N5O5S2/c1-5-35-24(33)20-17-10-7-11-18(17)37-23(20)27-21(31)14(2)36-25-29-28-19(30(25)3)13-26-22(32)15-8-6-9-16(12-15)34-4/h6,8-9,12,14H,5,7,10-11,13H2,1-4H3,(H,26,32)(H,27,31)/t14-/m1/s1. The molecule has 0 saturated heterocycles. The molecule has 196 valence electrons. The molecule has 0 bridgehead atoms. The Morgan fingerprint density at radius 3 is 2.81 bits per heavy atom. The minimum absolute atomic E-state index is 0.171. The SMILES string of the molecule is CCOC(=O)c1c(NC(=O)[C@@H](C)Sc2nnc(CNC(=O)c3cccc(OC)c3)n2C)sc2c1CCC2. The molecule has 2 aromatic heterocycles. The molecule has 0 aliphatic heterocycles. The number of hydrogen-bond donors (Lipinski definition) is 2. The number of nitrogens with zero attached hydrogens (tertiary/aromatic N) is 3. The van der Waals surface area contributed by atoms with Crippen LogP contribution in [0.2, 0.25) is 0 Å². The first-order valence-electron chi connectivity index (χ1n) is 11.9. The fourth-order valence-corrected chi connectivity index (χ4v) is 6.08. The highest BCUT2D eigenvalue weighted by Gasteiger charge is 2.29. The first-order valence-corrected chi connectivity index (χ1v) is 13.6. The van der Waals surface area contributed by atoms with Crippen LogP contribution in [0.4, 0.5) is 5.00 Å². The van der Waals surface area contributed by atoms with Crippen LogP contribution >= 0.6 is 23.1 Å². The number of benzene rings is 1. The largest absolute Gasteiger partial charge is 0.497 e. The summed E-state index contributed by atoms with van der Waals surface area (Å²) in [5, 5.41) is 14.7. The Hall–Kier alpha value is -3.38. The fraction of sp³-hybridized carbons (Fsp3) is 0.400. The van der Waals surface area contributed by atoms with Gasteiger partial charge in [0, 0.05) is 17.5 Å². The van der Waals surface area contributed by atoms with Gasteiger partial charge in [0.15, 0.2) is 11.0 Å². The van der Waals surface area contributed by atoms with Gasteiger partial charge in [-0.1, -0.05) is 17.8 Å². The lowest BCUT2D eigenvalue weighted by Gasteiger charge is -2.12. The average molecular weight is 544 g/mol. The van der Waals surface area contributed by atoms with Crippen molar-refractivity contribution >= 4 is 45.9 Å². The maximum absolute atomic E-state index is 13.0. The normalized spacial score (nSPS) is 13.1. The van der Waals surface area contributed by atoms with Crippen LogP contribution in [0.1, 0.15) is 57.2 Å². The van der Waals surface area contributed by atoms with Gasteiger partial charge in [-0.3, -0.25) is 9.59 Å². The van der Waals surface area contributed by atoms with Gasteiger partial charge in [0.05, 0.1) is 31.1 Å². The number of anilines is 1. The number of fused-ring (bicyclic) bond motifs is 1. The van der Waals surface area contributed by atoms with E-state index >= 15 is 0 Å². The summed E-state index contributed by atoms with van der Waals surface area (Å²) in [6, 6.07) is 6.87. The van der Waals surface area contributed by atoms with E-state index in [2.05, 4.69) is 20.8 Å². The van der Waals surface area contributed by atoms with Gasteiger partial charge in [-0.25, -0.2) is 4.79 Å². The lowest BCUT2D eigenvalue weighted by atomic mass is 10.1. The van der Waals surface area contributed by atoms with Gasteiger partial charge in [0.1, 0.15) is 10.8 Å². The Balaban J connectivity index is 1.38. The number of rotatable bonds is 10. The average Bonchev–Trinajstić information content (AvgIpc) is 3.57. The Morgan fingerprint density at radius 1 is 1.24 bits per heavy atom. The Labute approximate surface area is 223 Å². The molecule has 0 spiro atoms. The Morgan fingerprint density at radius 2 is 2.05 bits per heavy atom. The summed E-state index contributed by atoms with van der Waals surface area (Å²) in [5.74, 6) is 0.242. The van der Waals surface area contributed by atoms with E-state index in [-0.39, 0.29) is 25.0 Å². The van der Waals surface area contributed by atoms with E-state index in [1.54, 1.807) is 56.8 Å². The quantitative estimate of drug-likeness (QED) is 0.294.